The third kappa shape index (κ3) is 9.20. The van der Waals surface area contributed by atoms with E-state index >= 15 is 0 Å². The maximum atomic E-state index is 14.1. The van der Waals surface area contributed by atoms with Crippen molar-refractivity contribution in [3.05, 3.63) is 52.8 Å². The Labute approximate surface area is 257 Å². The Bertz CT molecular complexity index is 1130. The Balaban J connectivity index is 0.00000924. The summed E-state index contributed by atoms with van der Waals surface area (Å²) in [4.78, 5) is 0. The second kappa shape index (κ2) is 15.6. The summed E-state index contributed by atoms with van der Waals surface area (Å²) in [5.74, 6) is -26.8. The maximum absolute atomic E-state index is 14.1. The first kappa shape index (κ1) is 39.4. The van der Waals surface area contributed by atoms with E-state index in [4.69, 9.17) is 11.6 Å². The van der Waals surface area contributed by atoms with Crippen LogP contribution < -0.4 is 21.5 Å². The molecule has 0 saturated carbocycles. The summed E-state index contributed by atoms with van der Waals surface area (Å²) in [5, 5.41) is 0.339. The fourth-order valence-electron chi connectivity index (χ4n) is 4.43. The number of nitrogens with zero attached hydrogens (tertiary/aromatic N) is 2. The average molecular weight is 728 g/mol. The van der Waals surface area contributed by atoms with Gasteiger partial charge in [0.25, 0.3) is 5.82 Å². The predicted molar refractivity (Wildman–Crippen MR) is 132 cm³/mol. The van der Waals surface area contributed by atoms with Crippen LogP contribution in [-0.2, 0) is 13.1 Å². The van der Waals surface area contributed by atoms with Crippen LogP contribution in [0.5, 0.6) is 0 Å². The molecule has 0 spiro atoms. The lowest BCUT2D eigenvalue weighted by molar-refractivity contribution is -0.694. The first-order valence-corrected chi connectivity index (χ1v) is 13.7. The van der Waals surface area contributed by atoms with Crippen molar-refractivity contribution in [2.24, 2.45) is 0 Å². The summed E-state index contributed by atoms with van der Waals surface area (Å²) in [6, 6.07) is 4.49. The van der Waals surface area contributed by atoms with E-state index < -0.39 is 48.5 Å². The molecule has 1 heterocycles. The van der Waals surface area contributed by atoms with Crippen molar-refractivity contribution in [3.63, 3.8) is 0 Å². The highest BCUT2D eigenvalue weighted by atomic mass is 79.9. The summed E-state index contributed by atoms with van der Waals surface area (Å²) < 4.78 is 161. The molecule has 1 aromatic carbocycles. The minimum absolute atomic E-state index is 0. The van der Waals surface area contributed by atoms with Crippen molar-refractivity contribution in [3.8, 4) is 0 Å². The minimum Gasteiger partial charge on any atom is -1.00 e. The highest BCUT2D eigenvalue weighted by molar-refractivity contribution is 6.31. The Hall–Kier alpha value is -1.64. The molecule has 0 radical (unpaired) electrons. The summed E-state index contributed by atoms with van der Waals surface area (Å²) >= 11 is 6.10. The highest BCUT2D eigenvalue weighted by Gasteiger charge is 2.86. The molecule has 1 aromatic heterocycles. The van der Waals surface area contributed by atoms with Gasteiger partial charge in [0.1, 0.15) is 24.8 Å². The third-order valence-electron chi connectivity index (χ3n) is 7.14. The molecular weight excluding hydrogens is 696 g/mol. The molecule has 16 heteroatoms. The van der Waals surface area contributed by atoms with Crippen LogP contribution in [0.1, 0.15) is 75.6 Å². The third-order valence-corrected chi connectivity index (χ3v) is 7.50. The van der Waals surface area contributed by atoms with Gasteiger partial charge in [0.2, 0.25) is 0 Å². The van der Waals surface area contributed by atoms with Gasteiger partial charge in [-0.3, -0.25) is 0 Å². The van der Waals surface area contributed by atoms with Crippen LogP contribution in [0, 0.1) is 12.7 Å². The largest absolute Gasteiger partial charge is 1.00 e. The lowest BCUT2D eigenvalue weighted by Gasteiger charge is -2.37. The van der Waals surface area contributed by atoms with Crippen molar-refractivity contribution in [1.29, 1.82) is 0 Å². The van der Waals surface area contributed by atoms with E-state index in [2.05, 4.69) is 0 Å². The zero-order valence-electron chi connectivity index (χ0n) is 23.1. The number of aromatic nitrogens is 2. The summed E-state index contributed by atoms with van der Waals surface area (Å²) in [6.07, 6.45) is -1.46. The SMILES string of the molecule is Cc1n(CCCCCCCCCCCC(F)(F)C(F)(F)C(F)(F)C(F)(F)C(F)(F)F)cc[n+]1Cc1c(F)cccc1Cl.[Br-]. The molecule has 0 aliphatic heterocycles. The number of hydrogen-bond donors (Lipinski definition) is 0. The average Bonchev–Trinajstić information content (AvgIpc) is 3.22. The normalized spacial score (nSPS) is 13.3. The predicted octanol–water partition coefficient (Wildman–Crippen LogP) is 6.93. The van der Waals surface area contributed by atoms with Crippen molar-refractivity contribution in [1.82, 2.24) is 4.57 Å². The summed E-state index contributed by atoms with van der Waals surface area (Å²) in [5.41, 5.74) is 0.392. The van der Waals surface area contributed by atoms with Gasteiger partial charge in [-0.1, -0.05) is 56.2 Å². The zero-order chi connectivity index (χ0) is 32.0. The smallest absolute Gasteiger partial charge is 0.460 e. The van der Waals surface area contributed by atoms with E-state index in [0.29, 0.717) is 23.4 Å². The van der Waals surface area contributed by atoms with Gasteiger partial charge in [0.05, 0.1) is 11.6 Å². The molecule has 0 amide bonds. The number of aryl methyl sites for hydroxylation is 1. The fraction of sp³-hybridized carbons (Fsp3) is 0.667. The molecule has 248 valence electrons. The lowest BCUT2D eigenvalue weighted by Crippen LogP contribution is -3.00. The molecule has 0 aliphatic carbocycles. The van der Waals surface area contributed by atoms with E-state index in [0.717, 1.165) is 38.1 Å². The molecule has 2 nitrogen and oxygen atoms in total. The molecule has 0 N–H and O–H groups in total. The number of unbranched alkanes of at least 4 members (excludes halogenated alkanes) is 8. The molecule has 2 rings (SSSR count). The minimum atomic E-state index is -7.34. The Kier molecular flexibility index (Phi) is 14.3. The first-order chi connectivity index (χ1) is 19.3. The van der Waals surface area contributed by atoms with E-state index in [9.17, 15) is 52.7 Å². The lowest BCUT2D eigenvalue weighted by atomic mass is 9.94. The van der Waals surface area contributed by atoms with Crippen LogP contribution >= 0.6 is 11.6 Å². The van der Waals surface area contributed by atoms with Gasteiger partial charge in [-0.15, -0.1) is 0 Å². The van der Waals surface area contributed by atoms with Crippen LogP contribution in [0.4, 0.5) is 52.7 Å². The van der Waals surface area contributed by atoms with Crippen LogP contribution in [0.25, 0.3) is 0 Å². The van der Waals surface area contributed by atoms with Crippen LogP contribution in [0.15, 0.2) is 30.6 Å². The number of rotatable bonds is 17. The second-order valence-corrected chi connectivity index (χ2v) is 10.6. The van der Waals surface area contributed by atoms with Crippen molar-refractivity contribution >= 4 is 11.6 Å². The van der Waals surface area contributed by atoms with Gasteiger partial charge in [-0.05, 0) is 31.4 Å². The van der Waals surface area contributed by atoms with Crippen molar-refractivity contribution in [2.45, 2.75) is 114 Å². The summed E-state index contributed by atoms with van der Waals surface area (Å²) in [6.45, 7) is 2.90. The standard InChI is InChI=1S/C27H32ClF12N2.BrH/c1-19-41(16-17-42(19)18-20-21(28)12-11-13-22(20)29)15-10-8-6-4-2-3-5-7-9-14-23(30,31)24(32,33)25(34,35)26(36,37)27(38,39)40;/h11-13,16-17H,2-10,14-15,18H2,1H3;1H/q+1;/p-1. The molecule has 0 fully saturated rings. The topological polar surface area (TPSA) is 8.81 Å². The van der Waals surface area contributed by atoms with Crippen LogP contribution in [0.2, 0.25) is 5.02 Å². The van der Waals surface area contributed by atoms with Crippen molar-refractivity contribution in [2.75, 3.05) is 0 Å². The quantitative estimate of drug-likeness (QED) is 0.0950. The number of halogens is 14. The monoisotopic (exact) mass is 726 g/mol. The number of imidazole rings is 1. The van der Waals surface area contributed by atoms with Gasteiger partial charge < -0.3 is 17.0 Å². The molecule has 0 unspecified atom stereocenters. The zero-order valence-corrected chi connectivity index (χ0v) is 25.4. The molecule has 0 aliphatic rings. The first-order valence-electron chi connectivity index (χ1n) is 13.3. The van der Waals surface area contributed by atoms with Crippen LogP contribution in [0.3, 0.4) is 0 Å². The molecule has 0 bridgehead atoms. The molecule has 0 atom stereocenters. The molecule has 0 saturated heterocycles. The Morgan fingerprint density at radius 2 is 1.23 bits per heavy atom. The van der Waals surface area contributed by atoms with Gasteiger partial charge in [-0.2, -0.15) is 48.3 Å². The molecule has 43 heavy (non-hydrogen) atoms. The summed E-state index contributed by atoms with van der Waals surface area (Å²) in [7, 11) is 0. The molecule has 2 aromatic rings. The van der Waals surface area contributed by atoms with Gasteiger partial charge in [-0.25, -0.2) is 13.5 Å². The van der Waals surface area contributed by atoms with Gasteiger partial charge in [0, 0.05) is 18.9 Å². The van der Waals surface area contributed by atoms with Gasteiger partial charge in [0.15, 0.2) is 0 Å². The highest BCUT2D eigenvalue weighted by Crippen LogP contribution is 2.58. The van der Waals surface area contributed by atoms with E-state index in [1.165, 1.54) is 12.1 Å². The second-order valence-electron chi connectivity index (χ2n) is 10.2. The number of hydrogen-bond acceptors (Lipinski definition) is 0. The van der Waals surface area contributed by atoms with Crippen molar-refractivity contribution < 1.29 is 74.2 Å². The Morgan fingerprint density at radius 3 is 1.74 bits per heavy atom. The fourth-order valence-corrected chi connectivity index (χ4v) is 4.65. The number of alkyl halides is 11. The maximum Gasteiger partial charge on any atom is 0.460 e. The molecular formula is C27H32BrClF12N2. The Morgan fingerprint density at radius 1 is 0.721 bits per heavy atom. The van der Waals surface area contributed by atoms with E-state index in [-0.39, 0.29) is 36.4 Å². The van der Waals surface area contributed by atoms with E-state index in [1.807, 2.05) is 28.5 Å². The number of benzene rings is 1. The van der Waals surface area contributed by atoms with Crippen LogP contribution in [-0.4, -0.2) is 34.4 Å². The van der Waals surface area contributed by atoms with E-state index in [1.54, 1.807) is 6.07 Å². The van der Waals surface area contributed by atoms with Gasteiger partial charge >= 0.3 is 29.9 Å².